The summed E-state index contributed by atoms with van der Waals surface area (Å²) in [5.74, 6) is 0.500. The Hall–Kier alpha value is 0.770. The van der Waals surface area contributed by atoms with E-state index >= 15 is 0 Å². The Bertz CT molecular complexity index is 96.3. The average molecular weight is 187 g/mol. The lowest BCUT2D eigenvalue weighted by Crippen LogP contribution is -2.11. The number of thiol groups is 2. The standard InChI is InChI=1S/C3H8O3S3/c4-9(5)6-1-3(8)2-7/h3,7-8H,1-2H2,(H,4,5)/p-1. The van der Waals surface area contributed by atoms with Crippen molar-refractivity contribution in [2.45, 2.75) is 5.25 Å². The smallest absolute Gasteiger partial charge is 0.0842 e. The van der Waals surface area contributed by atoms with Gasteiger partial charge < -0.3 is 4.55 Å². The van der Waals surface area contributed by atoms with E-state index in [2.05, 4.69) is 29.4 Å². The van der Waals surface area contributed by atoms with E-state index in [-0.39, 0.29) is 11.9 Å². The molecular weight excluding hydrogens is 180 g/mol. The molecule has 0 N–H and O–H groups in total. The summed E-state index contributed by atoms with van der Waals surface area (Å²) in [6.45, 7) is 0.0860. The van der Waals surface area contributed by atoms with E-state index in [1.54, 1.807) is 0 Å². The monoisotopic (exact) mass is 187 g/mol. The predicted molar refractivity (Wildman–Crippen MR) is 41.5 cm³/mol. The highest BCUT2D eigenvalue weighted by Gasteiger charge is 1.98. The maximum atomic E-state index is 9.74. The van der Waals surface area contributed by atoms with Gasteiger partial charge in [-0.05, 0) is 0 Å². The van der Waals surface area contributed by atoms with Crippen molar-refractivity contribution < 1.29 is 12.9 Å². The van der Waals surface area contributed by atoms with Gasteiger partial charge >= 0.3 is 0 Å². The molecule has 0 aliphatic rings. The van der Waals surface area contributed by atoms with Gasteiger partial charge in [0.05, 0.1) is 18.0 Å². The van der Waals surface area contributed by atoms with Crippen molar-refractivity contribution in [2.24, 2.45) is 0 Å². The Labute approximate surface area is 67.5 Å². The van der Waals surface area contributed by atoms with Gasteiger partial charge in [-0.1, -0.05) is 0 Å². The molecule has 0 saturated carbocycles. The van der Waals surface area contributed by atoms with E-state index in [1.807, 2.05) is 0 Å². The second-order valence-corrected chi connectivity index (χ2v) is 3.06. The van der Waals surface area contributed by atoms with Crippen molar-refractivity contribution in [1.82, 2.24) is 0 Å². The van der Waals surface area contributed by atoms with Crippen LogP contribution in [0.25, 0.3) is 0 Å². The molecule has 56 valence electrons. The van der Waals surface area contributed by atoms with E-state index in [4.69, 9.17) is 0 Å². The van der Waals surface area contributed by atoms with Crippen LogP contribution < -0.4 is 0 Å². The molecule has 9 heavy (non-hydrogen) atoms. The summed E-state index contributed by atoms with van der Waals surface area (Å²) in [5, 5.41) is -0.119. The molecule has 0 spiro atoms. The Morgan fingerprint density at radius 1 is 1.78 bits per heavy atom. The first-order chi connectivity index (χ1) is 4.16. The zero-order valence-electron chi connectivity index (χ0n) is 4.52. The van der Waals surface area contributed by atoms with Crippen molar-refractivity contribution in [2.75, 3.05) is 12.4 Å². The highest BCUT2D eigenvalue weighted by molar-refractivity contribution is 7.84. The van der Waals surface area contributed by atoms with Gasteiger partial charge in [0, 0.05) is 11.0 Å². The molecule has 3 nitrogen and oxygen atoms in total. The fourth-order valence-corrected chi connectivity index (χ4v) is 0.743. The summed E-state index contributed by atoms with van der Waals surface area (Å²) >= 11 is 5.37. The quantitative estimate of drug-likeness (QED) is 0.482. The molecule has 0 saturated heterocycles. The Morgan fingerprint density at radius 3 is 2.67 bits per heavy atom. The molecule has 0 aliphatic heterocycles. The second-order valence-electron chi connectivity index (χ2n) is 1.33. The fraction of sp³-hybridized carbons (Fsp3) is 1.00. The molecule has 2 atom stereocenters. The van der Waals surface area contributed by atoms with Gasteiger partial charge in [0.15, 0.2) is 0 Å². The minimum Gasteiger partial charge on any atom is -0.750 e. The molecule has 0 fully saturated rings. The van der Waals surface area contributed by atoms with Crippen LogP contribution in [0.15, 0.2) is 0 Å². The molecule has 0 amide bonds. The maximum Gasteiger partial charge on any atom is 0.0842 e. The van der Waals surface area contributed by atoms with E-state index in [9.17, 15) is 8.76 Å². The second kappa shape index (κ2) is 5.55. The highest BCUT2D eigenvalue weighted by Crippen LogP contribution is 1.98. The third kappa shape index (κ3) is 6.66. The lowest BCUT2D eigenvalue weighted by Gasteiger charge is -2.08. The number of rotatable bonds is 4. The van der Waals surface area contributed by atoms with Crippen LogP contribution in [0, 0.1) is 0 Å². The molecule has 2 unspecified atom stereocenters. The number of hydrogen-bond acceptors (Lipinski definition) is 5. The first-order valence-electron chi connectivity index (χ1n) is 2.18. The van der Waals surface area contributed by atoms with Gasteiger partial charge in [-0.15, -0.1) is 0 Å². The SMILES string of the molecule is O=S([O-])OCC(S)CS. The Kier molecular flexibility index (Phi) is 6.02. The summed E-state index contributed by atoms with van der Waals surface area (Å²) in [7, 11) is 0. The molecular formula is C3H7O3S3-. The van der Waals surface area contributed by atoms with Crippen LogP contribution in [-0.2, 0) is 15.5 Å². The van der Waals surface area contributed by atoms with Crippen LogP contribution in [0.2, 0.25) is 0 Å². The highest BCUT2D eigenvalue weighted by atomic mass is 32.2. The molecule has 0 heterocycles. The lowest BCUT2D eigenvalue weighted by atomic mass is 10.5. The fourth-order valence-electron chi connectivity index (χ4n) is 0.187. The van der Waals surface area contributed by atoms with Crippen LogP contribution in [-0.4, -0.2) is 26.4 Å². The van der Waals surface area contributed by atoms with Crippen LogP contribution in [0.1, 0.15) is 0 Å². The first kappa shape index (κ1) is 9.77. The normalized spacial score (nSPS) is 17.2. The van der Waals surface area contributed by atoms with E-state index in [0.717, 1.165) is 0 Å². The van der Waals surface area contributed by atoms with Crippen LogP contribution >= 0.6 is 25.3 Å². The average Bonchev–Trinajstić information content (AvgIpc) is 1.83. The van der Waals surface area contributed by atoms with Gasteiger partial charge in [0.2, 0.25) is 0 Å². The topological polar surface area (TPSA) is 49.4 Å². The first-order valence-corrected chi connectivity index (χ1v) is 4.33. The maximum absolute atomic E-state index is 9.74. The van der Waals surface area contributed by atoms with Crippen molar-refractivity contribution in [3.63, 3.8) is 0 Å². The summed E-state index contributed by atoms with van der Waals surface area (Å²) in [6, 6.07) is 0. The summed E-state index contributed by atoms with van der Waals surface area (Å²) in [6.07, 6.45) is 0. The molecule has 0 radical (unpaired) electrons. The summed E-state index contributed by atoms with van der Waals surface area (Å²) in [5.41, 5.74) is 0. The van der Waals surface area contributed by atoms with Gasteiger partial charge in [0.1, 0.15) is 0 Å². The van der Waals surface area contributed by atoms with Crippen molar-refractivity contribution in [1.29, 1.82) is 0 Å². The molecule has 0 aliphatic carbocycles. The Balaban J connectivity index is 3.16. The summed E-state index contributed by atoms with van der Waals surface area (Å²) < 4.78 is 23.7. The molecule has 6 heteroatoms. The number of hydrogen-bond donors (Lipinski definition) is 2. The van der Waals surface area contributed by atoms with E-state index in [1.165, 1.54) is 0 Å². The lowest BCUT2D eigenvalue weighted by molar-refractivity contribution is 0.306. The molecule has 0 aromatic carbocycles. The minimum atomic E-state index is -2.42. The van der Waals surface area contributed by atoms with Crippen molar-refractivity contribution >= 4 is 36.6 Å². The third-order valence-corrected chi connectivity index (χ3v) is 1.96. The molecule has 0 aromatic rings. The van der Waals surface area contributed by atoms with Crippen LogP contribution in [0.3, 0.4) is 0 Å². The predicted octanol–water partition coefficient (Wildman–Crippen LogP) is 0.0253. The minimum absolute atomic E-state index is 0.0860. The van der Waals surface area contributed by atoms with Crippen LogP contribution in [0.4, 0.5) is 0 Å². The zero-order valence-corrected chi connectivity index (χ0v) is 7.12. The largest absolute Gasteiger partial charge is 0.750 e. The molecule has 0 bridgehead atoms. The van der Waals surface area contributed by atoms with Crippen molar-refractivity contribution in [3.05, 3.63) is 0 Å². The molecule has 0 aromatic heterocycles. The van der Waals surface area contributed by atoms with Gasteiger partial charge in [0.25, 0.3) is 0 Å². The van der Waals surface area contributed by atoms with Gasteiger partial charge in [-0.25, -0.2) is 4.21 Å². The summed E-state index contributed by atoms with van der Waals surface area (Å²) in [4.78, 5) is 0. The third-order valence-electron chi connectivity index (χ3n) is 0.567. The van der Waals surface area contributed by atoms with Crippen LogP contribution in [0.5, 0.6) is 0 Å². The van der Waals surface area contributed by atoms with Gasteiger partial charge in [-0.2, -0.15) is 25.3 Å². The van der Waals surface area contributed by atoms with E-state index < -0.39 is 11.4 Å². The molecule has 0 rings (SSSR count). The van der Waals surface area contributed by atoms with E-state index in [0.29, 0.717) is 5.75 Å². The zero-order chi connectivity index (χ0) is 7.28. The Morgan fingerprint density at radius 2 is 2.33 bits per heavy atom. The van der Waals surface area contributed by atoms with Crippen molar-refractivity contribution in [3.8, 4) is 0 Å². The van der Waals surface area contributed by atoms with Gasteiger partial charge in [-0.3, -0.25) is 4.18 Å².